The predicted octanol–water partition coefficient (Wildman–Crippen LogP) is 3.68. The Bertz CT molecular complexity index is 791. The molecule has 1 amide bonds. The van der Waals surface area contributed by atoms with Gasteiger partial charge in [-0.15, -0.1) is 10.2 Å². The lowest BCUT2D eigenvalue weighted by atomic mass is 10.1. The van der Waals surface area contributed by atoms with Crippen LogP contribution >= 0.6 is 0 Å². The monoisotopic (exact) mass is 308 g/mol. The van der Waals surface area contributed by atoms with Crippen LogP contribution in [0.4, 0.5) is 17.3 Å². The summed E-state index contributed by atoms with van der Waals surface area (Å²) in [5.74, 6) is 0.826. The highest BCUT2D eigenvalue weighted by Crippen LogP contribution is 2.18. The van der Waals surface area contributed by atoms with Crippen LogP contribution in [0.25, 0.3) is 0 Å². The Labute approximate surface area is 133 Å². The molecule has 2 heterocycles. The molecule has 0 bridgehead atoms. The third kappa shape index (κ3) is 3.74. The van der Waals surface area contributed by atoms with Crippen LogP contribution in [-0.4, -0.2) is 16.1 Å². The lowest BCUT2D eigenvalue weighted by Gasteiger charge is -2.08. The van der Waals surface area contributed by atoms with E-state index in [0.717, 1.165) is 5.69 Å². The molecule has 0 radical (unpaired) electrons. The largest absolute Gasteiger partial charge is 0.459 e. The van der Waals surface area contributed by atoms with Crippen LogP contribution in [0.3, 0.4) is 0 Å². The minimum absolute atomic E-state index is 0.226. The molecule has 6 nitrogen and oxygen atoms in total. The zero-order valence-corrected chi connectivity index (χ0v) is 12.8. The van der Waals surface area contributed by atoms with E-state index >= 15 is 0 Å². The van der Waals surface area contributed by atoms with Crippen molar-refractivity contribution in [1.82, 2.24) is 10.2 Å². The van der Waals surface area contributed by atoms with Gasteiger partial charge in [-0.05, 0) is 61.4 Å². The Morgan fingerprint density at radius 3 is 2.30 bits per heavy atom. The van der Waals surface area contributed by atoms with Gasteiger partial charge in [0.25, 0.3) is 5.91 Å². The average molecular weight is 308 g/mol. The molecule has 0 fully saturated rings. The summed E-state index contributed by atoms with van der Waals surface area (Å²) in [4.78, 5) is 11.8. The number of aromatic nitrogens is 2. The van der Waals surface area contributed by atoms with Gasteiger partial charge in [0.05, 0.1) is 6.26 Å². The van der Waals surface area contributed by atoms with Crippen molar-refractivity contribution in [2.24, 2.45) is 0 Å². The van der Waals surface area contributed by atoms with Gasteiger partial charge in [-0.3, -0.25) is 4.79 Å². The summed E-state index contributed by atoms with van der Waals surface area (Å²) in [5.41, 5.74) is 3.29. The molecule has 0 unspecified atom stereocenters. The Balaban J connectivity index is 1.68. The number of nitrogens with one attached hydrogen (secondary N) is 2. The normalized spacial score (nSPS) is 10.3. The molecule has 0 aliphatic carbocycles. The highest BCUT2D eigenvalue weighted by atomic mass is 16.3. The van der Waals surface area contributed by atoms with Gasteiger partial charge in [-0.2, -0.15) is 0 Å². The molecule has 23 heavy (non-hydrogen) atoms. The fourth-order valence-electron chi connectivity index (χ4n) is 2.25. The number of nitrogens with zero attached hydrogens (tertiary/aromatic N) is 2. The quantitative estimate of drug-likeness (QED) is 0.768. The highest BCUT2D eigenvalue weighted by Gasteiger charge is 2.09. The second kappa shape index (κ2) is 6.31. The topological polar surface area (TPSA) is 80.0 Å². The molecule has 116 valence electrons. The molecule has 6 heteroatoms. The number of hydrogen-bond donors (Lipinski definition) is 2. The minimum Gasteiger partial charge on any atom is -0.459 e. The predicted molar refractivity (Wildman–Crippen MR) is 87.9 cm³/mol. The number of amides is 1. The van der Waals surface area contributed by atoms with Gasteiger partial charge in [-0.25, -0.2) is 0 Å². The lowest BCUT2D eigenvalue weighted by molar-refractivity contribution is 0.0996. The summed E-state index contributed by atoms with van der Waals surface area (Å²) in [6, 6.07) is 12.8. The lowest BCUT2D eigenvalue weighted by Crippen LogP contribution is -2.12. The van der Waals surface area contributed by atoms with Crippen molar-refractivity contribution in [3.05, 3.63) is 65.6 Å². The second-order valence-electron chi connectivity index (χ2n) is 5.24. The van der Waals surface area contributed by atoms with E-state index in [-0.39, 0.29) is 11.7 Å². The summed E-state index contributed by atoms with van der Waals surface area (Å²) < 4.78 is 5.02. The summed E-state index contributed by atoms with van der Waals surface area (Å²) in [5, 5.41) is 13.9. The van der Waals surface area contributed by atoms with Crippen LogP contribution in [0.1, 0.15) is 21.7 Å². The maximum absolute atomic E-state index is 11.8. The molecule has 2 aromatic heterocycles. The van der Waals surface area contributed by atoms with E-state index in [1.54, 1.807) is 24.3 Å². The van der Waals surface area contributed by atoms with Crippen LogP contribution in [0, 0.1) is 13.8 Å². The van der Waals surface area contributed by atoms with E-state index in [1.165, 1.54) is 17.4 Å². The van der Waals surface area contributed by atoms with E-state index in [1.807, 2.05) is 26.0 Å². The fraction of sp³-hybridized carbons (Fsp3) is 0.118. The van der Waals surface area contributed by atoms with Crippen molar-refractivity contribution in [2.45, 2.75) is 13.8 Å². The van der Waals surface area contributed by atoms with Gasteiger partial charge in [0.2, 0.25) is 0 Å². The Morgan fingerprint density at radius 2 is 1.70 bits per heavy atom. The summed E-state index contributed by atoms with van der Waals surface area (Å²) >= 11 is 0. The zero-order valence-electron chi connectivity index (χ0n) is 12.8. The SMILES string of the molecule is Cc1cc(C)cc(Nc2ccc(NC(=O)c3ccco3)nn2)c1. The van der Waals surface area contributed by atoms with Crippen molar-refractivity contribution in [3.63, 3.8) is 0 Å². The number of hydrogen-bond acceptors (Lipinski definition) is 5. The number of benzene rings is 1. The van der Waals surface area contributed by atoms with E-state index < -0.39 is 0 Å². The molecular formula is C17H16N4O2. The van der Waals surface area contributed by atoms with Crippen molar-refractivity contribution in [2.75, 3.05) is 10.6 Å². The minimum atomic E-state index is -0.362. The molecule has 0 saturated heterocycles. The van der Waals surface area contributed by atoms with E-state index in [0.29, 0.717) is 11.6 Å². The molecule has 2 N–H and O–H groups in total. The van der Waals surface area contributed by atoms with Crippen LogP contribution in [0.2, 0.25) is 0 Å². The fourth-order valence-corrected chi connectivity index (χ4v) is 2.25. The van der Waals surface area contributed by atoms with Crippen LogP contribution in [-0.2, 0) is 0 Å². The third-order valence-electron chi connectivity index (χ3n) is 3.15. The molecule has 3 rings (SSSR count). The maximum Gasteiger partial charge on any atom is 0.292 e. The molecule has 3 aromatic rings. The molecule has 0 saturated carbocycles. The number of anilines is 3. The van der Waals surface area contributed by atoms with Crippen molar-refractivity contribution < 1.29 is 9.21 Å². The Morgan fingerprint density at radius 1 is 1.00 bits per heavy atom. The van der Waals surface area contributed by atoms with Crippen molar-refractivity contribution in [1.29, 1.82) is 0 Å². The van der Waals surface area contributed by atoms with Gasteiger partial charge >= 0.3 is 0 Å². The molecule has 0 spiro atoms. The van der Waals surface area contributed by atoms with Crippen LogP contribution in [0.5, 0.6) is 0 Å². The van der Waals surface area contributed by atoms with Gasteiger partial charge < -0.3 is 15.1 Å². The number of furan rings is 1. The number of aryl methyl sites for hydroxylation is 2. The highest BCUT2D eigenvalue weighted by molar-refractivity contribution is 6.01. The molecular weight excluding hydrogens is 292 g/mol. The molecule has 1 aromatic carbocycles. The third-order valence-corrected chi connectivity index (χ3v) is 3.15. The maximum atomic E-state index is 11.8. The molecule has 0 aliphatic rings. The number of carbonyl (C=O) groups is 1. The first-order valence-corrected chi connectivity index (χ1v) is 7.14. The molecule has 0 aliphatic heterocycles. The summed E-state index contributed by atoms with van der Waals surface area (Å²) in [6.07, 6.45) is 1.44. The second-order valence-corrected chi connectivity index (χ2v) is 5.24. The van der Waals surface area contributed by atoms with Crippen LogP contribution < -0.4 is 10.6 Å². The summed E-state index contributed by atoms with van der Waals surface area (Å²) in [7, 11) is 0. The summed E-state index contributed by atoms with van der Waals surface area (Å²) in [6.45, 7) is 4.08. The first-order chi connectivity index (χ1) is 11.1. The van der Waals surface area contributed by atoms with Gasteiger partial charge in [0, 0.05) is 5.69 Å². The van der Waals surface area contributed by atoms with Gasteiger partial charge in [0.1, 0.15) is 0 Å². The van der Waals surface area contributed by atoms with E-state index in [9.17, 15) is 4.79 Å². The standard InChI is InChI=1S/C17H16N4O2/c1-11-8-12(2)10-13(9-11)18-15-5-6-16(21-20-15)19-17(22)14-4-3-7-23-14/h3-10H,1-2H3,(H,18,20)(H,19,21,22). The zero-order chi connectivity index (χ0) is 16.2. The molecule has 0 atom stereocenters. The Hall–Kier alpha value is -3.15. The van der Waals surface area contributed by atoms with E-state index in [4.69, 9.17) is 4.42 Å². The van der Waals surface area contributed by atoms with E-state index in [2.05, 4.69) is 26.9 Å². The number of rotatable bonds is 4. The van der Waals surface area contributed by atoms with Gasteiger partial charge in [0.15, 0.2) is 17.4 Å². The smallest absolute Gasteiger partial charge is 0.292 e. The van der Waals surface area contributed by atoms with Crippen molar-refractivity contribution in [3.8, 4) is 0 Å². The van der Waals surface area contributed by atoms with Crippen LogP contribution in [0.15, 0.2) is 53.1 Å². The number of carbonyl (C=O) groups excluding carboxylic acids is 1. The van der Waals surface area contributed by atoms with Crippen molar-refractivity contribution >= 4 is 23.2 Å². The average Bonchev–Trinajstić information content (AvgIpc) is 3.02. The van der Waals surface area contributed by atoms with Gasteiger partial charge in [-0.1, -0.05) is 6.07 Å². The first-order valence-electron chi connectivity index (χ1n) is 7.14. The first kappa shape index (κ1) is 14.8. The Kier molecular flexibility index (Phi) is 4.05.